The smallest absolute Gasteiger partial charge is 0.332 e. The molecule has 0 bridgehead atoms. The maximum absolute atomic E-state index is 13.0. The highest BCUT2D eigenvalue weighted by molar-refractivity contribution is 5.95. The fraction of sp³-hybridized carbons (Fsp3) is 0.650. The molecule has 0 aromatic carbocycles. The Hall–Kier alpha value is -1.95. The number of nitrogens with one attached hydrogen (secondary N) is 1. The van der Waals surface area contributed by atoms with Crippen LogP contribution in [0.2, 0.25) is 0 Å². The van der Waals surface area contributed by atoms with E-state index in [1.807, 2.05) is 6.92 Å². The summed E-state index contributed by atoms with van der Waals surface area (Å²) in [6, 6.07) is 0. The van der Waals surface area contributed by atoms with Gasteiger partial charge < -0.3 is 14.8 Å². The van der Waals surface area contributed by atoms with E-state index >= 15 is 0 Å². The second-order valence-electron chi connectivity index (χ2n) is 7.29. The van der Waals surface area contributed by atoms with Crippen molar-refractivity contribution in [3.05, 3.63) is 25.3 Å². The van der Waals surface area contributed by atoms with Crippen LogP contribution in [0.1, 0.15) is 32.6 Å². The van der Waals surface area contributed by atoms with Gasteiger partial charge in [-0.3, -0.25) is 9.59 Å². The average Bonchev–Trinajstić information content (AvgIpc) is 3.25. The Morgan fingerprint density at radius 2 is 1.96 bits per heavy atom. The van der Waals surface area contributed by atoms with Gasteiger partial charge in [0.1, 0.15) is 11.3 Å². The van der Waals surface area contributed by atoms with Crippen molar-refractivity contribution in [1.29, 1.82) is 0 Å². The number of amides is 1. The molecule has 0 aromatic heterocycles. The number of methoxy groups -OCH3 is 2. The van der Waals surface area contributed by atoms with Crippen LogP contribution in [-0.2, 0) is 23.9 Å². The zero-order valence-electron chi connectivity index (χ0n) is 15.8. The third-order valence-electron chi connectivity index (χ3n) is 5.87. The van der Waals surface area contributed by atoms with Gasteiger partial charge in [0.15, 0.2) is 0 Å². The number of ketones is 1. The van der Waals surface area contributed by atoms with Crippen LogP contribution in [0.15, 0.2) is 25.3 Å². The highest BCUT2D eigenvalue weighted by atomic mass is 16.5. The van der Waals surface area contributed by atoms with Crippen LogP contribution >= 0.6 is 0 Å². The number of carbonyl (C=O) groups excluding carboxylic acids is 3. The number of Topliss-reactive ketones (excluding diaryl/α,β-unsaturated/α-hetero) is 1. The number of rotatable bonds is 9. The second-order valence-corrected chi connectivity index (χ2v) is 7.29. The van der Waals surface area contributed by atoms with Crippen molar-refractivity contribution >= 4 is 17.7 Å². The fourth-order valence-electron chi connectivity index (χ4n) is 4.22. The molecule has 2 saturated carbocycles. The van der Waals surface area contributed by atoms with Crippen molar-refractivity contribution in [1.82, 2.24) is 5.32 Å². The molecular weight excluding hydrogens is 334 g/mol. The molecule has 0 aromatic rings. The average molecular weight is 363 g/mol. The van der Waals surface area contributed by atoms with Gasteiger partial charge in [-0.15, -0.1) is 13.2 Å². The number of hydrogen-bond acceptors (Lipinski definition) is 5. The van der Waals surface area contributed by atoms with Crippen molar-refractivity contribution in [3.8, 4) is 0 Å². The quantitative estimate of drug-likeness (QED) is 0.501. The molecule has 6 unspecified atom stereocenters. The lowest BCUT2D eigenvalue weighted by Crippen LogP contribution is -2.49. The molecule has 6 nitrogen and oxygen atoms in total. The van der Waals surface area contributed by atoms with Gasteiger partial charge in [-0.25, -0.2) is 4.79 Å². The van der Waals surface area contributed by atoms with Crippen LogP contribution < -0.4 is 5.32 Å². The maximum Gasteiger partial charge on any atom is 0.332 e. The van der Waals surface area contributed by atoms with Gasteiger partial charge in [0, 0.05) is 25.4 Å². The topological polar surface area (TPSA) is 81.7 Å². The first-order valence-electron chi connectivity index (χ1n) is 9.05. The van der Waals surface area contributed by atoms with Gasteiger partial charge in [-0.1, -0.05) is 19.1 Å². The van der Waals surface area contributed by atoms with E-state index < -0.39 is 23.3 Å². The lowest BCUT2D eigenvalue weighted by atomic mass is 9.84. The molecule has 0 spiro atoms. The Labute approximate surface area is 155 Å². The third kappa shape index (κ3) is 3.61. The molecule has 2 aliphatic rings. The summed E-state index contributed by atoms with van der Waals surface area (Å²) in [4.78, 5) is 37.9. The molecule has 0 radical (unpaired) electrons. The largest absolute Gasteiger partial charge is 0.467 e. The van der Waals surface area contributed by atoms with Crippen molar-refractivity contribution in [2.75, 3.05) is 14.2 Å². The molecule has 1 amide bonds. The second kappa shape index (κ2) is 8.16. The van der Waals surface area contributed by atoms with Crippen LogP contribution in [0, 0.1) is 23.7 Å². The van der Waals surface area contributed by atoms with Gasteiger partial charge in [0.25, 0.3) is 0 Å². The van der Waals surface area contributed by atoms with E-state index in [0.717, 1.165) is 0 Å². The first-order chi connectivity index (χ1) is 12.4. The molecule has 0 saturated heterocycles. The van der Waals surface area contributed by atoms with Crippen LogP contribution in [0.4, 0.5) is 0 Å². The van der Waals surface area contributed by atoms with E-state index in [-0.39, 0.29) is 29.6 Å². The van der Waals surface area contributed by atoms with Gasteiger partial charge in [-0.05, 0) is 25.2 Å². The minimum Gasteiger partial charge on any atom is -0.467 e. The Morgan fingerprint density at radius 1 is 1.27 bits per heavy atom. The van der Waals surface area contributed by atoms with E-state index in [4.69, 9.17) is 9.47 Å². The van der Waals surface area contributed by atoms with Crippen molar-refractivity contribution in [3.63, 3.8) is 0 Å². The molecule has 2 aliphatic carbocycles. The van der Waals surface area contributed by atoms with Crippen molar-refractivity contribution in [2.24, 2.45) is 23.7 Å². The summed E-state index contributed by atoms with van der Waals surface area (Å²) in [6.45, 7) is 9.30. The molecule has 1 N–H and O–H groups in total. The van der Waals surface area contributed by atoms with Crippen molar-refractivity contribution < 1.29 is 23.9 Å². The molecule has 2 rings (SSSR count). The Balaban J connectivity index is 2.19. The Kier molecular flexibility index (Phi) is 6.39. The molecule has 6 heteroatoms. The molecule has 2 fully saturated rings. The summed E-state index contributed by atoms with van der Waals surface area (Å²) in [5, 5.41) is 2.85. The summed E-state index contributed by atoms with van der Waals surface area (Å²) >= 11 is 0. The summed E-state index contributed by atoms with van der Waals surface area (Å²) in [7, 11) is 2.90. The summed E-state index contributed by atoms with van der Waals surface area (Å²) in [5.41, 5.74) is -1.04. The highest BCUT2D eigenvalue weighted by Gasteiger charge is 2.62. The van der Waals surface area contributed by atoms with Crippen LogP contribution in [0.25, 0.3) is 0 Å². The highest BCUT2D eigenvalue weighted by Crippen LogP contribution is 2.47. The Morgan fingerprint density at radius 3 is 2.46 bits per heavy atom. The molecule has 0 aliphatic heterocycles. The van der Waals surface area contributed by atoms with E-state index in [1.165, 1.54) is 7.11 Å². The number of esters is 1. The monoisotopic (exact) mass is 363 g/mol. The first-order valence-corrected chi connectivity index (χ1v) is 9.05. The fourth-order valence-corrected chi connectivity index (χ4v) is 4.22. The van der Waals surface area contributed by atoms with E-state index in [0.29, 0.717) is 25.7 Å². The SMILES string of the molecule is C=CCCC(=O)C1C(C(=O)NC2(C(=O)OC)CC2C=C)CC(OC)C1C. The molecular formula is C20H29NO5. The van der Waals surface area contributed by atoms with E-state index in [1.54, 1.807) is 19.3 Å². The van der Waals surface area contributed by atoms with Gasteiger partial charge >= 0.3 is 5.97 Å². The maximum atomic E-state index is 13.0. The summed E-state index contributed by atoms with van der Waals surface area (Å²) in [5.74, 6) is -1.86. The van der Waals surface area contributed by atoms with Gasteiger partial charge in [-0.2, -0.15) is 0 Å². The standard InChI is InChI=1S/C20H29NO5/c1-6-8-9-15(22)17-12(3)16(25-4)10-14(17)18(23)21-20(19(24)26-5)11-13(20)7-2/h6-7,12-14,16-17H,1-2,8-11H2,3-5H3,(H,21,23). The molecule has 0 heterocycles. The number of hydrogen-bond donors (Lipinski definition) is 1. The zero-order valence-corrected chi connectivity index (χ0v) is 15.8. The molecule has 144 valence electrons. The summed E-state index contributed by atoms with van der Waals surface area (Å²) < 4.78 is 10.3. The zero-order chi connectivity index (χ0) is 19.5. The number of allylic oxidation sites excluding steroid dienone is 1. The van der Waals surface area contributed by atoms with Crippen LogP contribution in [0.3, 0.4) is 0 Å². The van der Waals surface area contributed by atoms with Crippen LogP contribution in [0.5, 0.6) is 0 Å². The Bertz CT molecular complexity index is 601. The predicted molar refractivity (Wildman–Crippen MR) is 97.2 cm³/mol. The minimum atomic E-state index is -1.04. The van der Waals surface area contributed by atoms with Gasteiger partial charge in [0.05, 0.1) is 19.1 Å². The lowest BCUT2D eigenvalue weighted by Gasteiger charge is -2.24. The van der Waals surface area contributed by atoms with Crippen molar-refractivity contribution in [2.45, 2.75) is 44.2 Å². The third-order valence-corrected chi connectivity index (χ3v) is 5.87. The number of ether oxygens (including phenoxy) is 2. The normalized spacial score (nSPS) is 35.4. The summed E-state index contributed by atoms with van der Waals surface area (Å²) in [6.07, 6.45) is 5.07. The molecule has 26 heavy (non-hydrogen) atoms. The first kappa shape index (κ1) is 20.4. The lowest BCUT2D eigenvalue weighted by molar-refractivity contribution is -0.147. The van der Waals surface area contributed by atoms with E-state index in [9.17, 15) is 14.4 Å². The molecule has 6 atom stereocenters. The van der Waals surface area contributed by atoms with E-state index in [2.05, 4.69) is 18.5 Å². The number of carbonyl (C=O) groups is 3. The minimum absolute atomic E-state index is 0.0419. The predicted octanol–water partition coefficient (Wildman–Crippen LogP) is 2.04. The van der Waals surface area contributed by atoms with Crippen LogP contribution in [-0.4, -0.2) is 43.5 Å². The van der Waals surface area contributed by atoms with Gasteiger partial charge in [0.2, 0.25) is 5.91 Å².